The molecule has 3 aliphatic heterocycles. The van der Waals surface area contributed by atoms with Crippen molar-refractivity contribution < 1.29 is 22.7 Å². The second-order valence-corrected chi connectivity index (χ2v) is 9.90. The minimum atomic E-state index is -4.59. The molecule has 0 radical (unpaired) electrons. The lowest BCUT2D eigenvalue weighted by atomic mass is 9.98. The van der Waals surface area contributed by atoms with E-state index < -0.39 is 17.6 Å². The monoisotopic (exact) mass is 569 g/mol. The zero-order valence-corrected chi connectivity index (χ0v) is 21.8. The lowest BCUT2D eigenvalue weighted by Gasteiger charge is -2.29. The van der Waals surface area contributed by atoms with E-state index in [1.54, 1.807) is 24.4 Å². The summed E-state index contributed by atoms with van der Waals surface area (Å²) >= 11 is 6.59. The molecule has 2 N–H and O–H groups in total. The van der Waals surface area contributed by atoms with Crippen LogP contribution in [0.5, 0.6) is 0 Å². The van der Waals surface area contributed by atoms with Gasteiger partial charge >= 0.3 is 6.18 Å². The maximum atomic E-state index is 13.1. The largest absolute Gasteiger partial charge is 0.416 e. The molecule has 0 bridgehead atoms. The number of aromatic nitrogens is 3. The van der Waals surface area contributed by atoms with Crippen LogP contribution in [-0.4, -0.2) is 59.0 Å². The van der Waals surface area contributed by atoms with Gasteiger partial charge in [0.25, 0.3) is 5.91 Å². The fraction of sp³-hybridized carbons (Fsp3) is 0.296. The summed E-state index contributed by atoms with van der Waals surface area (Å²) in [6, 6.07) is 6.61. The molecule has 1 amide bonds. The number of nitrogens with zero attached hydrogens (tertiary/aromatic N) is 5. The standard InChI is InChI=1S/C27H23ClF3N7O2/c28-21-2-1-18(35-25(39)22-12-16(3-6-32-22)27(29,30)31)13-19(21)20-11-15-14-34-26(36-17-4-9-40-10-5-17)37-23(15)38-8-7-33-24(20)38/h1-3,6,11-14,17H,4-5,7-10H2,(H,35,39)(H,34,36,37). The SMILES string of the molecule is O=C(Nc1ccc(Cl)c(C2=Cc3cnc(NC4CCOCC4)nc3N3CCN=C23)c1)c1cc(C(F)(F)F)ccn1. The Kier molecular flexibility index (Phi) is 6.88. The zero-order chi connectivity index (χ0) is 27.9. The average molecular weight is 570 g/mol. The van der Waals surface area contributed by atoms with Crippen molar-refractivity contribution in [1.29, 1.82) is 0 Å². The number of amides is 1. The van der Waals surface area contributed by atoms with Gasteiger partial charge in [0, 0.05) is 65.6 Å². The van der Waals surface area contributed by atoms with Crippen LogP contribution in [-0.2, 0) is 10.9 Å². The van der Waals surface area contributed by atoms with Crippen molar-refractivity contribution in [3.05, 3.63) is 70.1 Å². The number of carbonyl (C=O) groups excluding carboxylic acids is 1. The van der Waals surface area contributed by atoms with E-state index in [1.165, 1.54) is 0 Å². The number of rotatable bonds is 5. The zero-order valence-electron chi connectivity index (χ0n) is 21.0. The molecule has 0 saturated carbocycles. The Balaban J connectivity index is 1.29. The third-order valence-electron chi connectivity index (χ3n) is 6.82. The van der Waals surface area contributed by atoms with Crippen molar-refractivity contribution in [3.8, 4) is 0 Å². The number of alkyl halides is 3. The summed E-state index contributed by atoms with van der Waals surface area (Å²) in [7, 11) is 0. The van der Waals surface area contributed by atoms with Gasteiger partial charge in [-0.25, -0.2) is 4.98 Å². The number of nitrogens with one attached hydrogen (secondary N) is 2. The first-order chi connectivity index (χ1) is 19.3. The Hall–Kier alpha value is -4.03. The summed E-state index contributed by atoms with van der Waals surface area (Å²) in [5.41, 5.74) is 1.13. The predicted molar refractivity (Wildman–Crippen MR) is 146 cm³/mol. The first kappa shape index (κ1) is 26.2. The fourth-order valence-electron chi connectivity index (χ4n) is 4.83. The van der Waals surface area contributed by atoms with Crippen LogP contribution in [0.25, 0.3) is 11.6 Å². The third-order valence-corrected chi connectivity index (χ3v) is 7.15. The van der Waals surface area contributed by atoms with E-state index in [4.69, 9.17) is 21.3 Å². The summed E-state index contributed by atoms with van der Waals surface area (Å²) < 4.78 is 44.7. The molecule has 5 heterocycles. The highest BCUT2D eigenvalue weighted by Crippen LogP contribution is 2.38. The molecule has 0 spiro atoms. The number of aliphatic imine (C=N–C) groups is 1. The first-order valence-electron chi connectivity index (χ1n) is 12.7. The molecule has 1 saturated heterocycles. The van der Waals surface area contributed by atoms with Gasteiger partial charge in [0.05, 0.1) is 12.1 Å². The van der Waals surface area contributed by atoms with Crippen LogP contribution in [0.4, 0.5) is 30.6 Å². The Morgan fingerprint density at radius 2 is 1.95 bits per heavy atom. The number of fused-ring (bicyclic) bond motifs is 3. The van der Waals surface area contributed by atoms with E-state index in [9.17, 15) is 18.0 Å². The topological polar surface area (TPSA) is 105 Å². The number of pyridine rings is 1. The highest BCUT2D eigenvalue weighted by atomic mass is 35.5. The maximum absolute atomic E-state index is 13.1. The number of ether oxygens (including phenoxy) is 1. The Morgan fingerprint density at radius 1 is 1.12 bits per heavy atom. The minimum Gasteiger partial charge on any atom is -0.381 e. The van der Waals surface area contributed by atoms with Crippen LogP contribution in [0.1, 0.15) is 40.0 Å². The lowest BCUT2D eigenvalue weighted by molar-refractivity contribution is -0.137. The number of halogens is 4. The molecule has 40 heavy (non-hydrogen) atoms. The molecule has 3 aliphatic rings. The van der Waals surface area contributed by atoms with Crippen molar-refractivity contribution in [2.75, 3.05) is 41.8 Å². The van der Waals surface area contributed by atoms with Crippen molar-refractivity contribution in [3.63, 3.8) is 0 Å². The number of carbonyl (C=O) groups is 1. The summed E-state index contributed by atoms with van der Waals surface area (Å²) in [6.45, 7) is 2.60. The number of benzene rings is 1. The summed E-state index contributed by atoms with van der Waals surface area (Å²) in [5, 5.41) is 6.43. The first-order valence-corrected chi connectivity index (χ1v) is 13.0. The Morgan fingerprint density at radius 3 is 2.75 bits per heavy atom. The van der Waals surface area contributed by atoms with Gasteiger partial charge in [-0.2, -0.15) is 18.2 Å². The van der Waals surface area contributed by atoms with Gasteiger partial charge in [-0.3, -0.25) is 14.8 Å². The minimum absolute atomic E-state index is 0.246. The molecule has 13 heteroatoms. The Labute approximate surface area is 232 Å². The van der Waals surface area contributed by atoms with Gasteiger partial charge < -0.3 is 20.3 Å². The van der Waals surface area contributed by atoms with Crippen LogP contribution in [0.2, 0.25) is 5.02 Å². The van der Waals surface area contributed by atoms with Crippen molar-refractivity contribution in [2.24, 2.45) is 4.99 Å². The van der Waals surface area contributed by atoms with Gasteiger partial charge in [-0.1, -0.05) is 11.6 Å². The maximum Gasteiger partial charge on any atom is 0.416 e. The molecule has 0 atom stereocenters. The van der Waals surface area contributed by atoms with Gasteiger partial charge in [0.1, 0.15) is 17.3 Å². The van der Waals surface area contributed by atoms with E-state index in [0.717, 1.165) is 42.1 Å². The Bertz CT molecular complexity index is 1540. The van der Waals surface area contributed by atoms with Crippen LogP contribution < -0.4 is 15.5 Å². The second kappa shape index (κ2) is 10.5. The molecule has 206 valence electrons. The third kappa shape index (κ3) is 5.24. The van der Waals surface area contributed by atoms with Crippen LogP contribution in [0, 0.1) is 0 Å². The molecular formula is C27H23ClF3N7O2. The van der Waals surface area contributed by atoms with Crippen LogP contribution >= 0.6 is 11.6 Å². The number of amidine groups is 1. The van der Waals surface area contributed by atoms with E-state index in [1.807, 2.05) is 11.0 Å². The van der Waals surface area contributed by atoms with Crippen LogP contribution in [0.15, 0.2) is 47.7 Å². The quantitative estimate of drug-likeness (QED) is 0.437. The van der Waals surface area contributed by atoms with E-state index in [-0.39, 0.29) is 11.7 Å². The molecule has 1 fully saturated rings. The second-order valence-electron chi connectivity index (χ2n) is 9.49. The van der Waals surface area contributed by atoms with Crippen molar-refractivity contribution >= 4 is 52.4 Å². The number of hydrogen-bond acceptors (Lipinski definition) is 8. The molecule has 6 rings (SSSR count). The van der Waals surface area contributed by atoms with E-state index >= 15 is 0 Å². The van der Waals surface area contributed by atoms with Gasteiger partial charge in [0.2, 0.25) is 5.95 Å². The molecule has 9 nitrogen and oxygen atoms in total. The highest BCUT2D eigenvalue weighted by molar-refractivity contribution is 6.40. The summed E-state index contributed by atoms with van der Waals surface area (Å²) in [6.07, 6.45) is 1.78. The fourth-order valence-corrected chi connectivity index (χ4v) is 5.05. The molecule has 3 aromatic rings. The number of anilines is 3. The van der Waals surface area contributed by atoms with Crippen molar-refractivity contribution in [2.45, 2.75) is 25.1 Å². The van der Waals surface area contributed by atoms with Gasteiger partial charge in [-0.05, 0) is 49.2 Å². The van der Waals surface area contributed by atoms with Gasteiger partial charge in [0.15, 0.2) is 0 Å². The molecule has 1 aromatic carbocycles. The average Bonchev–Trinajstić information content (AvgIpc) is 3.45. The molecule has 2 aromatic heterocycles. The molecular weight excluding hydrogens is 547 g/mol. The normalized spacial score (nSPS) is 17.1. The van der Waals surface area contributed by atoms with E-state index in [0.29, 0.717) is 60.4 Å². The highest BCUT2D eigenvalue weighted by Gasteiger charge is 2.33. The van der Waals surface area contributed by atoms with Crippen LogP contribution in [0.3, 0.4) is 0 Å². The van der Waals surface area contributed by atoms with E-state index in [2.05, 4.69) is 25.6 Å². The lowest BCUT2D eigenvalue weighted by Crippen LogP contribution is -2.33. The smallest absolute Gasteiger partial charge is 0.381 e. The summed E-state index contributed by atoms with van der Waals surface area (Å²) in [5.74, 6) is 1.19. The number of hydrogen-bond donors (Lipinski definition) is 2. The molecule has 0 unspecified atom stereocenters. The van der Waals surface area contributed by atoms with Gasteiger partial charge in [-0.15, -0.1) is 0 Å². The van der Waals surface area contributed by atoms with Crippen molar-refractivity contribution in [1.82, 2.24) is 15.0 Å². The molecule has 0 aliphatic carbocycles. The summed E-state index contributed by atoms with van der Waals surface area (Å²) in [4.78, 5) is 32.5. The predicted octanol–water partition coefficient (Wildman–Crippen LogP) is 5.16.